The number of rotatable bonds is 7. The molecule has 2 N–H and O–H groups in total. The van der Waals surface area contributed by atoms with Gasteiger partial charge in [0.15, 0.2) is 5.76 Å². The molecule has 0 bridgehead atoms. The van der Waals surface area contributed by atoms with E-state index in [1.54, 1.807) is 30.3 Å². The van der Waals surface area contributed by atoms with Gasteiger partial charge in [-0.05, 0) is 57.5 Å². The van der Waals surface area contributed by atoms with Gasteiger partial charge in [0.25, 0.3) is 11.8 Å². The van der Waals surface area contributed by atoms with Crippen molar-refractivity contribution in [1.29, 1.82) is 0 Å². The number of carbonyl (C=O) groups is 3. The predicted octanol–water partition coefficient (Wildman–Crippen LogP) is 2.83. The summed E-state index contributed by atoms with van der Waals surface area (Å²) in [4.78, 5) is 38.4. The van der Waals surface area contributed by atoms with Gasteiger partial charge in [-0.2, -0.15) is 0 Å². The Bertz CT molecular complexity index is 813. The third kappa shape index (κ3) is 5.44. The van der Waals surface area contributed by atoms with Crippen LogP contribution in [0.25, 0.3) is 0 Å². The summed E-state index contributed by atoms with van der Waals surface area (Å²) in [5.74, 6) is -0.688. The maximum atomic E-state index is 12.8. The predicted molar refractivity (Wildman–Crippen MR) is 103 cm³/mol. The first-order valence-corrected chi connectivity index (χ1v) is 8.86. The van der Waals surface area contributed by atoms with E-state index in [0.29, 0.717) is 17.8 Å². The summed E-state index contributed by atoms with van der Waals surface area (Å²) in [7, 11) is 0. The number of anilines is 1. The van der Waals surface area contributed by atoms with Crippen LogP contribution in [0, 0.1) is 6.92 Å². The van der Waals surface area contributed by atoms with E-state index in [-0.39, 0.29) is 30.2 Å². The van der Waals surface area contributed by atoms with Crippen LogP contribution in [0.5, 0.6) is 0 Å². The Morgan fingerprint density at radius 3 is 2.52 bits per heavy atom. The van der Waals surface area contributed by atoms with E-state index in [1.807, 2.05) is 27.7 Å². The highest BCUT2D eigenvalue weighted by Crippen LogP contribution is 2.19. The molecule has 7 heteroatoms. The van der Waals surface area contributed by atoms with Crippen LogP contribution in [0.15, 0.2) is 41.0 Å². The van der Waals surface area contributed by atoms with Gasteiger partial charge in [0, 0.05) is 23.8 Å². The minimum atomic E-state index is -0.392. The molecule has 144 valence electrons. The number of hydrogen-bond acceptors (Lipinski definition) is 4. The van der Waals surface area contributed by atoms with Crippen molar-refractivity contribution < 1.29 is 18.8 Å². The molecule has 0 saturated carbocycles. The van der Waals surface area contributed by atoms with Crippen molar-refractivity contribution in [3.63, 3.8) is 0 Å². The number of nitrogens with one attached hydrogen (secondary N) is 2. The Kier molecular flexibility index (Phi) is 6.76. The van der Waals surface area contributed by atoms with Crippen molar-refractivity contribution in [2.24, 2.45) is 0 Å². The van der Waals surface area contributed by atoms with E-state index >= 15 is 0 Å². The van der Waals surface area contributed by atoms with Crippen molar-refractivity contribution in [2.75, 3.05) is 18.4 Å². The number of aryl methyl sites for hydroxylation is 1. The lowest BCUT2D eigenvalue weighted by molar-refractivity contribution is -0.122. The SMILES string of the molecule is CCN(CC(=O)NC(C)C)C(=O)c1ccc(C)c(NC(=O)c2ccco2)c1. The molecule has 3 amide bonds. The molecule has 0 aliphatic carbocycles. The molecule has 27 heavy (non-hydrogen) atoms. The van der Waals surface area contributed by atoms with Gasteiger partial charge in [-0.1, -0.05) is 6.07 Å². The molecule has 0 spiro atoms. The van der Waals surface area contributed by atoms with Gasteiger partial charge in [-0.15, -0.1) is 0 Å². The molecule has 0 atom stereocenters. The number of nitrogens with zero attached hydrogens (tertiary/aromatic N) is 1. The third-order valence-electron chi connectivity index (χ3n) is 3.93. The van der Waals surface area contributed by atoms with Gasteiger partial charge in [0.05, 0.1) is 12.8 Å². The Hall–Kier alpha value is -3.09. The molecular formula is C20H25N3O4. The topological polar surface area (TPSA) is 91.7 Å². The second kappa shape index (κ2) is 9.02. The highest BCUT2D eigenvalue weighted by molar-refractivity contribution is 6.04. The monoisotopic (exact) mass is 371 g/mol. The summed E-state index contributed by atoms with van der Waals surface area (Å²) in [5, 5.41) is 5.52. The van der Waals surface area contributed by atoms with Gasteiger partial charge < -0.3 is 20.0 Å². The molecule has 0 aliphatic rings. The first kappa shape index (κ1) is 20.2. The fraction of sp³-hybridized carbons (Fsp3) is 0.350. The largest absolute Gasteiger partial charge is 0.459 e. The maximum absolute atomic E-state index is 12.8. The van der Waals surface area contributed by atoms with E-state index in [4.69, 9.17) is 4.42 Å². The summed E-state index contributed by atoms with van der Waals surface area (Å²) in [6, 6.07) is 8.25. The first-order valence-electron chi connectivity index (χ1n) is 8.86. The van der Waals surface area contributed by atoms with Gasteiger partial charge in [-0.3, -0.25) is 14.4 Å². The van der Waals surface area contributed by atoms with E-state index in [9.17, 15) is 14.4 Å². The molecule has 2 aromatic rings. The molecule has 0 aliphatic heterocycles. The van der Waals surface area contributed by atoms with Crippen LogP contribution in [0.4, 0.5) is 5.69 Å². The summed E-state index contributed by atoms with van der Waals surface area (Å²) in [5.41, 5.74) is 1.73. The smallest absolute Gasteiger partial charge is 0.291 e. The van der Waals surface area contributed by atoms with Gasteiger partial charge in [0.2, 0.25) is 5.91 Å². The van der Waals surface area contributed by atoms with Crippen LogP contribution >= 0.6 is 0 Å². The molecule has 1 aromatic carbocycles. The average Bonchev–Trinajstić information content (AvgIpc) is 3.15. The first-order chi connectivity index (χ1) is 12.8. The molecule has 1 heterocycles. The minimum Gasteiger partial charge on any atom is -0.459 e. The fourth-order valence-corrected chi connectivity index (χ4v) is 2.53. The number of amides is 3. The molecule has 7 nitrogen and oxygen atoms in total. The highest BCUT2D eigenvalue weighted by atomic mass is 16.3. The van der Waals surface area contributed by atoms with Crippen LogP contribution in [-0.2, 0) is 4.79 Å². The number of carbonyl (C=O) groups excluding carboxylic acids is 3. The average molecular weight is 371 g/mol. The van der Waals surface area contributed by atoms with Gasteiger partial charge in [0.1, 0.15) is 0 Å². The number of furan rings is 1. The zero-order valence-corrected chi connectivity index (χ0v) is 16.0. The summed E-state index contributed by atoms with van der Waals surface area (Å²) < 4.78 is 5.08. The highest BCUT2D eigenvalue weighted by Gasteiger charge is 2.19. The van der Waals surface area contributed by atoms with Crippen LogP contribution in [0.2, 0.25) is 0 Å². The number of hydrogen-bond donors (Lipinski definition) is 2. The molecule has 0 unspecified atom stereocenters. The van der Waals surface area contributed by atoms with Crippen LogP contribution in [0.1, 0.15) is 47.2 Å². The van der Waals surface area contributed by atoms with Crippen LogP contribution < -0.4 is 10.6 Å². The Morgan fingerprint density at radius 1 is 1.19 bits per heavy atom. The van der Waals surface area contributed by atoms with Crippen LogP contribution in [-0.4, -0.2) is 41.8 Å². The van der Waals surface area contributed by atoms with E-state index in [2.05, 4.69) is 10.6 Å². The quantitative estimate of drug-likeness (QED) is 0.783. The fourth-order valence-electron chi connectivity index (χ4n) is 2.53. The molecule has 0 fully saturated rings. The lowest BCUT2D eigenvalue weighted by Crippen LogP contribution is -2.42. The third-order valence-corrected chi connectivity index (χ3v) is 3.93. The Labute approximate surface area is 158 Å². The second-order valence-corrected chi connectivity index (χ2v) is 6.50. The van der Waals surface area contributed by atoms with Crippen molar-refractivity contribution in [2.45, 2.75) is 33.7 Å². The van der Waals surface area contributed by atoms with Gasteiger partial charge >= 0.3 is 0 Å². The number of benzene rings is 1. The zero-order chi connectivity index (χ0) is 20.0. The normalized spacial score (nSPS) is 10.6. The van der Waals surface area contributed by atoms with Crippen molar-refractivity contribution in [1.82, 2.24) is 10.2 Å². The zero-order valence-electron chi connectivity index (χ0n) is 16.0. The molecule has 0 saturated heterocycles. The Balaban J connectivity index is 2.16. The molecular weight excluding hydrogens is 346 g/mol. The molecule has 0 radical (unpaired) electrons. The lowest BCUT2D eigenvalue weighted by atomic mass is 10.1. The second-order valence-electron chi connectivity index (χ2n) is 6.50. The minimum absolute atomic E-state index is 0.00842. The van der Waals surface area contributed by atoms with Gasteiger partial charge in [-0.25, -0.2) is 0 Å². The van der Waals surface area contributed by atoms with E-state index < -0.39 is 5.91 Å². The van der Waals surface area contributed by atoms with E-state index in [1.165, 1.54) is 11.2 Å². The Morgan fingerprint density at radius 2 is 1.93 bits per heavy atom. The molecule has 2 rings (SSSR count). The summed E-state index contributed by atoms with van der Waals surface area (Å²) in [6.45, 7) is 7.75. The maximum Gasteiger partial charge on any atom is 0.291 e. The summed E-state index contributed by atoms with van der Waals surface area (Å²) >= 11 is 0. The number of likely N-dealkylation sites (N-methyl/N-ethyl adjacent to an activating group) is 1. The van der Waals surface area contributed by atoms with Crippen molar-refractivity contribution in [3.05, 3.63) is 53.5 Å². The van der Waals surface area contributed by atoms with E-state index in [0.717, 1.165) is 5.56 Å². The van der Waals surface area contributed by atoms with Crippen molar-refractivity contribution in [3.8, 4) is 0 Å². The standard InChI is InChI=1S/C20H25N3O4/c1-5-23(12-18(24)21-13(2)3)20(26)15-9-8-14(4)16(11-15)22-19(25)17-7-6-10-27-17/h6-11,13H,5,12H2,1-4H3,(H,21,24)(H,22,25). The van der Waals surface area contributed by atoms with Crippen LogP contribution in [0.3, 0.4) is 0 Å². The van der Waals surface area contributed by atoms with Crippen molar-refractivity contribution >= 4 is 23.4 Å². The molecule has 1 aromatic heterocycles. The summed E-state index contributed by atoms with van der Waals surface area (Å²) in [6.07, 6.45) is 1.42. The lowest BCUT2D eigenvalue weighted by Gasteiger charge is -2.21.